The van der Waals surface area contributed by atoms with Crippen LogP contribution in [0, 0.1) is 6.92 Å². The summed E-state index contributed by atoms with van der Waals surface area (Å²) in [6, 6.07) is 9.84. The van der Waals surface area contributed by atoms with Crippen LogP contribution in [-0.2, 0) is 11.3 Å². The summed E-state index contributed by atoms with van der Waals surface area (Å²) in [5.41, 5.74) is 3.74. The van der Waals surface area contributed by atoms with Gasteiger partial charge >= 0.3 is 5.97 Å². The fourth-order valence-corrected chi connectivity index (χ4v) is 2.23. The van der Waals surface area contributed by atoms with Gasteiger partial charge in [-0.2, -0.15) is 0 Å². The Labute approximate surface area is 134 Å². The first-order chi connectivity index (χ1) is 10.5. The van der Waals surface area contributed by atoms with Crippen LogP contribution in [0.3, 0.4) is 0 Å². The summed E-state index contributed by atoms with van der Waals surface area (Å²) in [6.07, 6.45) is 1.56. The lowest BCUT2D eigenvalue weighted by atomic mass is 10.1. The Hall–Kier alpha value is -2.33. The molecule has 2 aromatic rings. The summed E-state index contributed by atoms with van der Waals surface area (Å²) in [6.45, 7) is 6.37. The maximum absolute atomic E-state index is 11.8. The lowest BCUT2D eigenvalue weighted by Gasteiger charge is -2.13. The van der Waals surface area contributed by atoms with E-state index in [1.807, 2.05) is 31.2 Å². The number of nitrogens with zero attached hydrogens (tertiary/aromatic N) is 1. The molecule has 5 heteroatoms. The number of esters is 1. The zero-order valence-corrected chi connectivity index (χ0v) is 13.3. The lowest BCUT2D eigenvalue weighted by Crippen LogP contribution is -2.10. The molecule has 22 heavy (non-hydrogen) atoms. The number of aromatic nitrogens is 1. The number of benzene rings is 1. The summed E-state index contributed by atoms with van der Waals surface area (Å²) >= 11 is 5.99. The Kier molecular flexibility index (Phi) is 5.17. The second kappa shape index (κ2) is 7.09. The smallest absolute Gasteiger partial charge is 0.357 e. The number of anilines is 1. The van der Waals surface area contributed by atoms with E-state index in [2.05, 4.69) is 16.9 Å². The van der Waals surface area contributed by atoms with Crippen molar-refractivity contribution in [3.8, 4) is 0 Å². The van der Waals surface area contributed by atoms with Crippen molar-refractivity contribution in [2.75, 3.05) is 12.4 Å². The second-order valence-corrected chi connectivity index (χ2v) is 5.18. The van der Waals surface area contributed by atoms with E-state index in [1.54, 1.807) is 12.1 Å². The molecule has 0 aliphatic rings. The Balaban J connectivity index is 2.29. The average molecular weight is 317 g/mol. The molecule has 0 aliphatic heterocycles. The van der Waals surface area contributed by atoms with E-state index in [9.17, 15) is 4.79 Å². The highest BCUT2D eigenvalue weighted by Crippen LogP contribution is 2.25. The summed E-state index contributed by atoms with van der Waals surface area (Å²) < 4.78 is 4.73. The molecule has 2 rings (SSSR count). The van der Waals surface area contributed by atoms with Crippen LogP contribution in [0.15, 0.2) is 36.9 Å². The SMILES string of the molecule is C=Cc1c(NCc2ccc(C)cc2)cc(Cl)nc1C(=O)OC. The number of ether oxygens (including phenoxy) is 1. The number of pyridine rings is 1. The first kappa shape index (κ1) is 16.0. The van der Waals surface area contributed by atoms with E-state index in [0.717, 1.165) is 5.56 Å². The van der Waals surface area contributed by atoms with Crippen molar-refractivity contribution in [2.24, 2.45) is 0 Å². The summed E-state index contributed by atoms with van der Waals surface area (Å²) in [7, 11) is 1.30. The van der Waals surface area contributed by atoms with Crippen LogP contribution in [0.5, 0.6) is 0 Å². The topological polar surface area (TPSA) is 51.2 Å². The van der Waals surface area contributed by atoms with Crippen molar-refractivity contribution in [3.05, 3.63) is 64.4 Å². The predicted octanol–water partition coefficient (Wildman–Crippen LogP) is 4.09. The molecule has 4 nitrogen and oxygen atoms in total. The Morgan fingerprint density at radius 1 is 1.41 bits per heavy atom. The Bertz CT molecular complexity index is 697. The van der Waals surface area contributed by atoms with Crippen LogP contribution >= 0.6 is 11.6 Å². The van der Waals surface area contributed by atoms with Gasteiger partial charge in [0.15, 0.2) is 5.69 Å². The van der Waals surface area contributed by atoms with Crippen LogP contribution < -0.4 is 5.32 Å². The van der Waals surface area contributed by atoms with Gasteiger partial charge in [-0.25, -0.2) is 9.78 Å². The first-order valence-electron chi connectivity index (χ1n) is 6.76. The van der Waals surface area contributed by atoms with E-state index < -0.39 is 5.97 Å². The number of hydrogen-bond donors (Lipinski definition) is 1. The molecule has 1 N–H and O–H groups in total. The van der Waals surface area contributed by atoms with E-state index in [0.29, 0.717) is 17.8 Å². The number of carbonyl (C=O) groups is 1. The number of halogens is 1. The van der Waals surface area contributed by atoms with E-state index in [4.69, 9.17) is 16.3 Å². The molecule has 0 radical (unpaired) electrons. The van der Waals surface area contributed by atoms with Gasteiger partial charge in [-0.15, -0.1) is 0 Å². The number of nitrogens with one attached hydrogen (secondary N) is 1. The fraction of sp³-hybridized carbons (Fsp3) is 0.176. The molecular weight excluding hydrogens is 300 g/mol. The second-order valence-electron chi connectivity index (χ2n) is 4.79. The van der Waals surface area contributed by atoms with Crippen LogP contribution in [0.25, 0.3) is 6.08 Å². The molecule has 0 saturated heterocycles. The maximum Gasteiger partial charge on any atom is 0.357 e. The zero-order chi connectivity index (χ0) is 16.1. The van der Waals surface area contributed by atoms with Crippen molar-refractivity contribution >= 4 is 29.3 Å². The minimum atomic E-state index is -0.546. The highest BCUT2D eigenvalue weighted by atomic mass is 35.5. The number of methoxy groups -OCH3 is 1. The van der Waals surface area contributed by atoms with Crippen LogP contribution in [0.4, 0.5) is 5.69 Å². The molecule has 0 fully saturated rings. The molecule has 114 valence electrons. The van der Waals surface area contributed by atoms with Gasteiger partial charge in [0.2, 0.25) is 0 Å². The van der Waals surface area contributed by atoms with Gasteiger partial charge in [0.25, 0.3) is 0 Å². The standard InChI is InChI=1S/C17H17ClN2O2/c1-4-13-14(9-15(18)20-16(13)17(21)22-3)19-10-12-7-5-11(2)6-8-12/h4-9H,1,10H2,2-3H3,(H,19,20). The third kappa shape index (κ3) is 3.65. The largest absolute Gasteiger partial charge is 0.464 e. The van der Waals surface area contributed by atoms with Gasteiger partial charge in [-0.1, -0.05) is 54.1 Å². The molecule has 0 saturated carbocycles. The van der Waals surface area contributed by atoms with Gasteiger partial charge in [-0.05, 0) is 18.6 Å². The van der Waals surface area contributed by atoms with Gasteiger partial charge in [0.05, 0.1) is 7.11 Å². The van der Waals surface area contributed by atoms with Crippen LogP contribution in [-0.4, -0.2) is 18.1 Å². The first-order valence-corrected chi connectivity index (χ1v) is 7.13. The third-order valence-corrected chi connectivity index (χ3v) is 3.41. The monoisotopic (exact) mass is 316 g/mol. The van der Waals surface area contributed by atoms with Gasteiger partial charge < -0.3 is 10.1 Å². The van der Waals surface area contributed by atoms with Crippen LogP contribution in [0.2, 0.25) is 5.15 Å². The minimum Gasteiger partial charge on any atom is -0.464 e. The van der Waals surface area contributed by atoms with Crippen molar-refractivity contribution < 1.29 is 9.53 Å². The molecule has 0 unspecified atom stereocenters. The van der Waals surface area contributed by atoms with Crippen molar-refractivity contribution in [1.82, 2.24) is 4.98 Å². The Morgan fingerprint density at radius 2 is 2.09 bits per heavy atom. The molecule has 1 aromatic heterocycles. The molecule has 0 bridgehead atoms. The number of rotatable bonds is 5. The number of hydrogen-bond acceptors (Lipinski definition) is 4. The van der Waals surface area contributed by atoms with Gasteiger partial charge in [-0.3, -0.25) is 0 Å². The number of carbonyl (C=O) groups excluding carboxylic acids is 1. The zero-order valence-electron chi connectivity index (χ0n) is 12.5. The molecule has 0 aliphatic carbocycles. The van der Waals surface area contributed by atoms with E-state index in [-0.39, 0.29) is 10.8 Å². The van der Waals surface area contributed by atoms with E-state index >= 15 is 0 Å². The summed E-state index contributed by atoms with van der Waals surface area (Å²) in [4.78, 5) is 15.8. The van der Waals surface area contributed by atoms with Gasteiger partial charge in [0, 0.05) is 17.8 Å². The van der Waals surface area contributed by atoms with E-state index in [1.165, 1.54) is 12.7 Å². The fourth-order valence-electron chi connectivity index (χ4n) is 2.03. The van der Waals surface area contributed by atoms with Crippen LogP contribution in [0.1, 0.15) is 27.2 Å². The van der Waals surface area contributed by atoms with Gasteiger partial charge in [0.1, 0.15) is 5.15 Å². The van der Waals surface area contributed by atoms with Crippen molar-refractivity contribution in [2.45, 2.75) is 13.5 Å². The number of aryl methyl sites for hydroxylation is 1. The maximum atomic E-state index is 11.8. The highest BCUT2D eigenvalue weighted by Gasteiger charge is 2.17. The van der Waals surface area contributed by atoms with Crippen molar-refractivity contribution in [1.29, 1.82) is 0 Å². The summed E-state index contributed by atoms with van der Waals surface area (Å²) in [5.74, 6) is -0.546. The molecule has 1 heterocycles. The average Bonchev–Trinajstić information content (AvgIpc) is 2.53. The molecule has 1 aromatic carbocycles. The highest BCUT2D eigenvalue weighted by molar-refractivity contribution is 6.30. The quantitative estimate of drug-likeness (QED) is 0.667. The summed E-state index contributed by atoms with van der Waals surface area (Å²) in [5, 5.41) is 3.48. The predicted molar refractivity (Wildman–Crippen MR) is 89.2 cm³/mol. The normalized spacial score (nSPS) is 10.1. The molecule has 0 amide bonds. The lowest BCUT2D eigenvalue weighted by molar-refractivity contribution is 0.0594. The third-order valence-electron chi connectivity index (χ3n) is 3.21. The Morgan fingerprint density at radius 3 is 2.68 bits per heavy atom. The molecule has 0 atom stereocenters. The molecule has 0 spiro atoms. The minimum absolute atomic E-state index is 0.149. The van der Waals surface area contributed by atoms with Crippen molar-refractivity contribution in [3.63, 3.8) is 0 Å². The molecular formula is C17H17ClN2O2.